The summed E-state index contributed by atoms with van der Waals surface area (Å²) in [5.74, 6) is -0.0962. The minimum Gasteiger partial charge on any atom is -0.339 e. The van der Waals surface area contributed by atoms with Gasteiger partial charge in [0.2, 0.25) is 0 Å². The van der Waals surface area contributed by atoms with Crippen molar-refractivity contribution in [2.45, 2.75) is 18.7 Å². The predicted molar refractivity (Wildman–Crippen MR) is 95.7 cm³/mol. The fourth-order valence-electron chi connectivity index (χ4n) is 2.32. The van der Waals surface area contributed by atoms with Gasteiger partial charge in [0, 0.05) is 24.3 Å². The number of hydrogen-bond donors (Lipinski definition) is 1. The first-order chi connectivity index (χ1) is 11.9. The Labute approximate surface area is 147 Å². The van der Waals surface area contributed by atoms with Crippen molar-refractivity contribution in [3.05, 3.63) is 59.7 Å². The third kappa shape index (κ3) is 4.37. The Kier molecular flexibility index (Phi) is 5.78. The van der Waals surface area contributed by atoms with Gasteiger partial charge in [-0.1, -0.05) is 6.07 Å². The molecule has 0 aromatic heterocycles. The highest BCUT2D eigenvalue weighted by molar-refractivity contribution is 7.92. The van der Waals surface area contributed by atoms with Gasteiger partial charge in [0.15, 0.2) is 0 Å². The van der Waals surface area contributed by atoms with Crippen LogP contribution in [0.2, 0.25) is 0 Å². The Hall–Kier alpha value is -2.85. The molecule has 7 heteroatoms. The van der Waals surface area contributed by atoms with Gasteiger partial charge < -0.3 is 4.90 Å². The average molecular weight is 357 g/mol. The van der Waals surface area contributed by atoms with Crippen molar-refractivity contribution in [2.24, 2.45) is 0 Å². The van der Waals surface area contributed by atoms with E-state index in [9.17, 15) is 13.2 Å². The molecule has 0 fully saturated rings. The molecule has 25 heavy (non-hydrogen) atoms. The lowest BCUT2D eigenvalue weighted by molar-refractivity contribution is 0.0773. The Balaban J connectivity index is 2.20. The van der Waals surface area contributed by atoms with E-state index in [-0.39, 0.29) is 16.4 Å². The molecule has 0 saturated heterocycles. The van der Waals surface area contributed by atoms with Crippen LogP contribution in [0.4, 0.5) is 5.69 Å². The first-order valence-corrected chi connectivity index (χ1v) is 9.32. The molecule has 2 aromatic rings. The molecule has 2 rings (SSSR count). The molecule has 2 aromatic carbocycles. The quantitative estimate of drug-likeness (QED) is 0.861. The number of amides is 1. The van der Waals surface area contributed by atoms with Crippen LogP contribution in [0.3, 0.4) is 0 Å². The molecule has 6 nitrogen and oxygen atoms in total. The summed E-state index contributed by atoms with van der Waals surface area (Å²) in [6.45, 7) is 5.02. The van der Waals surface area contributed by atoms with E-state index in [2.05, 4.69) is 4.72 Å². The molecular weight excluding hydrogens is 338 g/mol. The van der Waals surface area contributed by atoms with Crippen molar-refractivity contribution in [3.63, 3.8) is 0 Å². The molecule has 0 heterocycles. The Morgan fingerprint density at radius 1 is 1.12 bits per heavy atom. The molecule has 1 N–H and O–H groups in total. The van der Waals surface area contributed by atoms with Gasteiger partial charge in [0.1, 0.15) is 0 Å². The van der Waals surface area contributed by atoms with Crippen molar-refractivity contribution in [2.75, 3.05) is 17.8 Å². The highest BCUT2D eigenvalue weighted by Crippen LogP contribution is 2.18. The lowest BCUT2D eigenvalue weighted by atomic mass is 10.2. The van der Waals surface area contributed by atoms with Crippen LogP contribution in [-0.2, 0) is 10.0 Å². The zero-order valence-electron chi connectivity index (χ0n) is 14.1. The smallest absolute Gasteiger partial charge is 0.261 e. The number of benzene rings is 2. The zero-order valence-corrected chi connectivity index (χ0v) is 14.9. The highest BCUT2D eigenvalue weighted by atomic mass is 32.2. The third-order valence-electron chi connectivity index (χ3n) is 3.71. The van der Waals surface area contributed by atoms with Crippen LogP contribution >= 0.6 is 0 Å². The lowest BCUT2D eigenvalue weighted by Crippen LogP contribution is -2.30. The van der Waals surface area contributed by atoms with E-state index in [0.29, 0.717) is 24.3 Å². The van der Waals surface area contributed by atoms with Crippen LogP contribution in [0.1, 0.15) is 29.8 Å². The molecule has 0 aliphatic heterocycles. The largest absolute Gasteiger partial charge is 0.339 e. The van der Waals surface area contributed by atoms with Gasteiger partial charge >= 0.3 is 0 Å². The number of sulfonamides is 1. The summed E-state index contributed by atoms with van der Waals surface area (Å²) < 4.78 is 27.2. The van der Waals surface area contributed by atoms with Gasteiger partial charge in [-0.2, -0.15) is 5.26 Å². The van der Waals surface area contributed by atoms with E-state index in [1.165, 1.54) is 24.3 Å². The van der Waals surface area contributed by atoms with Gasteiger partial charge in [-0.15, -0.1) is 0 Å². The zero-order chi connectivity index (χ0) is 18.4. The topological polar surface area (TPSA) is 90.3 Å². The molecule has 0 aliphatic rings. The average Bonchev–Trinajstić information content (AvgIpc) is 2.63. The van der Waals surface area contributed by atoms with Crippen LogP contribution in [-0.4, -0.2) is 32.3 Å². The number of nitrogens with zero attached hydrogens (tertiary/aromatic N) is 2. The van der Waals surface area contributed by atoms with Crippen molar-refractivity contribution in [1.82, 2.24) is 4.90 Å². The first-order valence-electron chi connectivity index (χ1n) is 7.83. The molecular formula is C18H19N3O3S. The third-order valence-corrected chi connectivity index (χ3v) is 5.09. The maximum Gasteiger partial charge on any atom is 0.261 e. The molecule has 0 saturated carbocycles. The van der Waals surface area contributed by atoms with Crippen LogP contribution in [0.15, 0.2) is 53.4 Å². The van der Waals surface area contributed by atoms with Gasteiger partial charge in [-0.25, -0.2) is 8.42 Å². The Morgan fingerprint density at radius 2 is 1.76 bits per heavy atom. The van der Waals surface area contributed by atoms with Crippen LogP contribution < -0.4 is 4.72 Å². The number of carbonyl (C=O) groups excluding carboxylic acids is 1. The second-order valence-electron chi connectivity index (χ2n) is 5.30. The van der Waals surface area contributed by atoms with E-state index >= 15 is 0 Å². The molecule has 0 spiro atoms. The Bertz CT molecular complexity index is 896. The maximum atomic E-state index is 12.4. The maximum absolute atomic E-state index is 12.4. The molecule has 0 unspecified atom stereocenters. The molecule has 130 valence electrons. The predicted octanol–water partition coefficient (Wildman–Crippen LogP) is 2.84. The summed E-state index contributed by atoms with van der Waals surface area (Å²) in [6.07, 6.45) is 0. The number of anilines is 1. The van der Waals surface area contributed by atoms with E-state index in [1.807, 2.05) is 19.9 Å². The normalized spacial score (nSPS) is 10.8. The molecule has 0 atom stereocenters. The molecule has 0 aliphatic carbocycles. The monoisotopic (exact) mass is 357 g/mol. The van der Waals surface area contributed by atoms with Crippen molar-refractivity contribution < 1.29 is 13.2 Å². The Morgan fingerprint density at radius 3 is 2.32 bits per heavy atom. The molecule has 0 bridgehead atoms. The second-order valence-corrected chi connectivity index (χ2v) is 6.98. The summed E-state index contributed by atoms with van der Waals surface area (Å²) in [4.78, 5) is 13.9. The van der Waals surface area contributed by atoms with Crippen LogP contribution in [0.25, 0.3) is 0 Å². The van der Waals surface area contributed by atoms with E-state index in [4.69, 9.17) is 5.26 Å². The lowest BCUT2D eigenvalue weighted by Gasteiger charge is -2.18. The van der Waals surface area contributed by atoms with Gasteiger partial charge in [0.05, 0.1) is 16.5 Å². The standard InChI is InChI=1S/C18H19N3O3S/c1-3-21(4-2)18(22)15-8-10-16(11-9-15)20-25(23,24)17-7-5-6-14(12-17)13-19/h5-12,20H,3-4H2,1-2H3. The van der Waals surface area contributed by atoms with E-state index in [1.54, 1.807) is 29.2 Å². The minimum atomic E-state index is -3.80. The first kappa shape index (κ1) is 18.5. The number of rotatable bonds is 6. The summed E-state index contributed by atoms with van der Waals surface area (Å²) >= 11 is 0. The van der Waals surface area contributed by atoms with Crippen LogP contribution in [0.5, 0.6) is 0 Å². The second kappa shape index (κ2) is 7.81. The van der Waals surface area contributed by atoms with E-state index in [0.717, 1.165) is 0 Å². The fraction of sp³-hybridized carbons (Fsp3) is 0.222. The van der Waals surface area contributed by atoms with Gasteiger partial charge in [-0.3, -0.25) is 9.52 Å². The van der Waals surface area contributed by atoms with Crippen LogP contribution in [0, 0.1) is 11.3 Å². The summed E-state index contributed by atoms with van der Waals surface area (Å²) in [7, 11) is -3.80. The van der Waals surface area contributed by atoms with Crippen molar-refractivity contribution in [1.29, 1.82) is 5.26 Å². The molecule has 0 radical (unpaired) electrons. The SMILES string of the molecule is CCN(CC)C(=O)c1ccc(NS(=O)(=O)c2cccc(C#N)c2)cc1. The number of carbonyl (C=O) groups is 1. The summed E-state index contributed by atoms with van der Waals surface area (Å²) in [6, 6.07) is 13.9. The molecule has 1 amide bonds. The summed E-state index contributed by atoms with van der Waals surface area (Å²) in [5.41, 5.74) is 1.11. The van der Waals surface area contributed by atoms with Crippen molar-refractivity contribution in [3.8, 4) is 6.07 Å². The number of nitriles is 1. The fourth-order valence-corrected chi connectivity index (χ4v) is 3.43. The highest BCUT2D eigenvalue weighted by Gasteiger charge is 2.16. The van der Waals surface area contributed by atoms with Crippen molar-refractivity contribution >= 4 is 21.6 Å². The van der Waals surface area contributed by atoms with Gasteiger partial charge in [-0.05, 0) is 56.3 Å². The van der Waals surface area contributed by atoms with Gasteiger partial charge in [0.25, 0.3) is 15.9 Å². The number of hydrogen-bond acceptors (Lipinski definition) is 4. The minimum absolute atomic E-state index is 0.00911. The van der Waals surface area contributed by atoms with E-state index < -0.39 is 10.0 Å². The number of nitrogens with one attached hydrogen (secondary N) is 1. The summed E-state index contributed by atoms with van der Waals surface area (Å²) in [5, 5.41) is 8.88.